The van der Waals surface area contributed by atoms with Gasteiger partial charge in [-0.25, -0.2) is 0 Å². The summed E-state index contributed by atoms with van der Waals surface area (Å²) in [5.41, 5.74) is 0.813. The van der Waals surface area contributed by atoms with Crippen LogP contribution in [0, 0.1) is 10.8 Å². The maximum atomic E-state index is 12.8. The van der Waals surface area contributed by atoms with Gasteiger partial charge in [0.1, 0.15) is 12.4 Å². The van der Waals surface area contributed by atoms with Crippen molar-refractivity contribution in [3.63, 3.8) is 0 Å². The predicted molar refractivity (Wildman–Crippen MR) is 101 cm³/mol. The lowest BCUT2D eigenvalue weighted by Crippen LogP contribution is -2.42. The van der Waals surface area contributed by atoms with Crippen molar-refractivity contribution in [3.05, 3.63) is 18.2 Å². The zero-order valence-electron chi connectivity index (χ0n) is 16.2. The highest BCUT2D eigenvalue weighted by atomic mass is 16.5. The van der Waals surface area contributed by atoms with Gasteiger partial charge in [-0.3, -0.25) is 9.59 Å². The smallest absolute Gasteiger partial charge is 0.236 e. The molecule has 0 spiro atoms. The summed E-state index contributed by atoms with van der Waals surface area (Å²) in [7, 11) is 0. The number of rotatable bonds is 4. The van der Waals surface area contributed by atoms with E-state index in [4.69, 9.17) is 4.74 Å². The Balaban J connectivity index is 2.28. The molecule has 2 amide bonds. The van der Waals surface area contributed by atoms with Crippen molar-refractivity contribution < 1.29 is 14.3 Å². The molecule has 0 unspecified atom stereocenters. The van der Waals surface area contributed by atoms with E-state index in [9.17, 15) is 9.59 Å². The number of benzene rings is 1. The second-order valence-electron chi connectivity index (χ2n) is 8.60. The number of carbonyl (C=O) groups excluding carboxylic acids is 2. The van der Waals surface area contributed by atoms with Crippen LogP contribution in [0.15, 0.2) is 18.2 Å². The second-order valence-corrected chi connectivity index (χ2v) is 8.60. The highest BCUT2D eigenvalue weighted by Crippen LogP contribution is 2.38. The molecule has 0 bridgehead atoms. The number of amides is 2. The van der Waals surface area contributed by atoms with E-state index in [1.165, 1.54) is 0 Å². The van der Waals surface area contributed by atoms with Crippen LogP contribution in [0.4, 0.5) is 11.4 Å². The SMILES string of the molecule is CCCN1C(=O)C(C)(C)COc2cc(NC(=O)CC(C)(C)C)ccc21. The maximum Gasteiger partial charge on any atom is 0.236 e. The molecule has 0 aliphatic carbocycles. The van der Waals surface area contributed by atoms with E-state index in [0.717, 1.165) is 12.1 Å². The quantitative estimate of drug-likeness (QED) is 0.888. The molecule has 138 valence electrons. The van der Waals surface area contributed by atoms with Gasteiger partial charge in [-0.05, 0) is 37.8 Å². The van der Waals surface area contributed by atoms with E-state index >= 15 is 0 Å². The van der Waals surface area contributed by atoms with Gasteiger partial charge in [0.05, 0.1) is 11.1 Å². The standard InChI is InChI=1S/C20H30N2O3/c1-7-10-22-15-9-8-14(21-17(23)12-19(2,3)4)11-16(15)25-13-20(5,6)18(22)24/h8-9,11H,7,10,12-13H2,1-6H3,(H,21,23). The van der Waals surface area contributed by atoms with Crippen molar-refractivity contribution >= 4 is 23.2 Å². The van der Waals surface area contributed by atoms with Crippen LogP contribution < -0.4 is 15.0 Å². The monoisotopic (exact) mass is 346 g/mol. The topological polar surface area (TPSA) is 58.6 Å². The van der Waals surface area contributed by atoms with Crippen LogP contribution in [0.3, 0.4) is 0 Å². The van der Waals surface area contributed by atoms with Gasteiger partial charge >= 0.3 is 0 Å². The average molecular weight is 346 g/mol. The van der Waals surface area contributed by atoms with Crippen molar-refractivity contribution in [3.8, 4) is 5.75 Å². The number of nitrogens with zero attached hydrogens (tertiary/aromatic N) is 1. The van der Waals surface area contributed by atoms with Crippen LogP contribution >= 0.6 is 0 Å². The zero-order valence-corrected chi connectivity index (χ0v) is 16.2. The third kappa shape index (κ3) is 4.74. The van der Waals surface area contributed by atoms with Gasteiger partial charge in [0.2, 0.25) is 11.8 Å². The molecule has 0 atom stereocenters. The molecule has 0 fully saturated rings. The van der Waals surface area contributed by atoms with Crippen molar-refractivity contribution in [2.75, 3.05) is 23.4 Å². The fraction of sp³-hybridized carbons (Fsp3) is 0.600. The summed E-state index contributed by atoms with van der Waals surface area (Å²) in [4.78, 5) is 26.8. The number of fused-ring (bicyclic) bond motifs is 1. The van der Waals surface area contributed by atoms with Gasteiger partial charge in [-0.15, -0.1) is 0 Å². The molecule has 1 aliphatic rings. The molecule has 1 aliphatic heterocycles. The van der Waals surface area contributed by atoms with Gasteiger partial charge in [0.25, 0.3) is 0 Å². The lowest BCUT2D eigenvalue weighted by atomic mass is 9.92. The second kappa shape index (κ2) is 7.06. The van der Waals surface area contributed by atoms with Crippen LogP contribution in [0.25, 0.3) is 0 Å². The summed E-state index contributed by atoms with van der Waals surface area (Å²) in [6, 6.07) is 5.50. The molecule has 0 saturated heterocycles. The van der Waals surface area contributed by atoms with Crippen molar-refractivity contribution in [1.82, 2.24) is 0 Å². The summed E-state index contributed by atoms with van der Waals surface area (Å²) in [5, 5.41) is 2.93. The molecule has 0 radical (unpaired) electrons. The Morgan fingerprint density at radius 2 is 2.00 bits per heavy atom. The van der Waals surface area contributed by atoms with Crippen molar-refractivity contribution in [2.24, 2.45) is 10.8 Å². The number of anilines is 2. The normalized spacial score (nSPS) is 16.7. The lowest BCUT2D eigenvalue weighted by molar-refractivity contribution is -0.127. The molecule has 1 N–H and O–H groups in total. The predicted octanol–water partition coefficient (Wildman–Crippen LogP) is 4.22. The summed E-state index contributed by atoms with van der Waals surface area (Å²) < 4.78 is 5.92. The minimum Gasteiger partial charge on any atom is -0.490 e. The van der Waals surface area contributed by atoms with E-state index in [1.807, 2.05) is 59.7 Å². The first-order valence-electron chi connectivity index (χ1n) is 8.92. The third-order valence-corrected chi connectivity index (χ3v) is 4.09. The Kier molecular flexibility index (Phi) is 5.45. The molecule has 25 heavy (non-hydrogen) atoms. The Morgan fingerprint density at radius 1 is 1.32 bits per heavy atom. The molecular weight excluding hydrogens is 316 g/mol. The largest absolute Gasteiger partial charge is 0.490 e. The molecule has 1 aromatic rings. The molecule has 1 heterocycles. The highest BCUT2D eigenvalue weighted by molar-refractivity contribution is 6.00. The van der Waals surface area contributed by atoms with Crippen molar-refractivity contribution in [2.45, 2.75) is 54.4 Å². The molecule has 1 aromatic carbocycles. The first-order chi connectivity index (χ1) is 11.5. The first-order valence-corrected chi connectivity index (χ1v) is 8.92. The van der Waals surface area contributed by atoms with E-state index in [-0.39, 0.29) is 17.2 Å². The Hall–Kier alpha value is -2.04. The van der Waals surface area contributed by atoms with Crippen LogP contribution in [-0.2, 0) is 9.59 Å². The molecule has 5 nitrogen and oxygen atoms in total. The number of ether oxygens (including phenoxy) is 1. The molecule has 0 aromatic heterocycles. The minimum absolute atomic E-state index is 0.0251. The molecule has 2 rings (SSSR count). The molecular formula is C20H30N2O3. The average Bonchev–Trinajstić information content (AvgIpc) is 2.56. The Morgan fingerprint density at radius 3 is 2.60 bits per heavy atom. The summed E-state index contributed by atoms with van der Waals surface area (Å²) in [6.45, 7) is 12.9. The molecule has 0 saturated carbocycles. The van der Waals surface area contributed by atoms with Crippen LogP contribution in [0.1, 0.15) is 54.4 Å². The van der Waals surface area contributed by atoms with E-state index in [0.29, 0.717) is 31.0 Å². The van der Waals surface area contributed by atoms with Crippen molar-refractivity contribution in [1.29, 1.82) is 0 Å². The van der Waals surface area contributed by atoms with Gasteiger partial charge in [-0.2, -0.15) is 0 Å². The van der Waals surface area contributed by atoms with Crippen LogP contribution in [0.2, 0.25) is 0 Å². The minimum atomic E-state index is -0.580. The Labute approximate surface area is 150 Å². The summed E-state index contributed by atoms with van der Waals surface area (Å²) in [5.74, 6) is 0.682. The van der Waals surface area contributed by atoms with E-state index in [2.05, 4.69) is 5.32 Å². The number of hydrogen-bond donors (Lipinski definition) is 1. The number of carbonyl (C=O) groups is 2. The fourth-order valence-electron chi connectivity index (χ4n) is 2.86. The van der Waals surface area contributed by atoms with Gasteiger partial charge in [0.15, 0.2) is 0 Å². The highest BCUT2D eigenvalue weighted by Gasteiger charge is 2.37. The van der Waals surface area contributed by atoms with Crippen LogP contribution in [-0.4, -0.2) is 25.0 Å². The number of hydrogen-bond acceptors (Lipinski definition) is 3. The van der Waals surface area contributed by atoms with Gasteiger partial charge in [-0.1, -0.05) is 27.7 Å². The van der Waals surface area contributed by atoms with Crippen LogP contribution in [0.5, 0.6) is 5.75 Å². The number of nitrogens with one attached hydrogen (secondary N) is 1. The van der Waals surface area contributed by atoms with E-state index in [1.54, 1.807) is 4.90 Å². The fourth-order valence-corrected chi connectivity index (χ4v) is 2.86. The van der Waals surface area contributed by atoms with Gasteiger partial charge < -0.3 is 15.0 Å². The maximum absolute atomic E-state index is 12.8. The van der Waals surface area contributed by atoms with E-state index < -0.39 is 5.41 Å². The first kappa shape index (κ1) is 19.3. The zero-order chi connectivity index (χ0) is 18.8. The summed E-state index contributed by atoms with van der Waals surface area (Å²) >= 11 is 0. The summed E-state index contributed by atoms with van der Waals surface area (Å²) in [6.07, 6.45) is 1.31. The lowest BCUT2D eigenvalue weighted by Gasteiger charge is -2.27. The molecule has 5 heteroatoms. The Bertz CT molecular complexity index is 659. The van der Waals surface area contributed by atoms with Gasteiger partial charge in [0, 0.05) is 24.7 Å². The third-order valence-electron chi connectivity index (χ3n) is 4.09.